The molecule has 0 amide bonds. The van der Waals surface area contributed by atoms with E-state index in [0.717, 1.165) is 19.4 Å². The first-order chi connectivity index (χ1) is 16.1. The zero-order chi connectivity index (χ0) is 24.9. The highest BCUT2D eigenvalue weighted by Crippen LogP contribution is 2.39. The molecular weight excluding hydrogens is 451 g/mol. The molecule has 0 aliphatic carbocycles. The molecule has 34 heavy (non-hydrogen) atoms. The Morgan fingerprint density at radius 2 is 1.88 bits per heavy atom. The average molecular weight is 482 g/mol. The molecule has 0 saturated heterocycles. The number of anilines is 1. The van der Waals surface area contributed by atoms with Crippen molar-refractivity contribution in [3.05, 3.63) is 24.0 Å². The number of nitrogens with zero attached hydrogens (tertiary/aromatic N) is 4. The Balaban J connectivity index is 1.63. The summed E-state index contributed by atoms with van der Waals surface area (Å²) in [6.07, 6.45) is -2.96. The quantitative estimate of drug-likeness (QED) is 0.374. The largest absolute Gasteiger partial charge is 0.491 e. The number of ketones is 1. The van der Waals surface area contributed by atoms with Gasteiger partial charge >= 0.3 is 6.18 Å². The minimum Gasteiger partial charge on any atom is -0.491 e. The van der Waals surface area contributed by atoms with Gasteiger partial charge in [0.1, 0.15) is 29.4 Å². The van der Waals surface area contributed by atoms with Gasteiger partial charge < -0.3 is 14.8 Å². The molecule has 3 aromatic rings. The fourth-order valence-electron chi connectivity index (χ4n) is 3.47. The molecule has 1 N–H and O–H groups in total. The van der Waals surface area contributed by atoms with Crippen LogP contribution in [-0.2, 0) is 9.53 Å². The lowest BCUT2D eigenvalue weighted by atomic mass is 9.84. The SMILES string of the molecule is COCCOc1ccc2c(c1)nc(NCCCCCC(=O)C(C)(C)C(F)(F)F)c1nnc(C)n12. The summed E-state index contributed by atoms with van der Waals surface area (Å²) in [7, 11) is 1.61. The van der Waals surface area contributed by atoms with E-state index in [4.69, 9.17) is 9.47 Å². The number of hydrogen-bond acceptors (Lipinski definition) is 7. The van der Waals surface area contributed by atoms with E-state index in [1.165, 1.54) is 0 Å². The van der Waals surface area contributed by atoms with E-state index in [9.17, 15) is 18.0 Å². The average Bonchev–Trinajstić information content (AvgIpc) is 3.17. The summed E-state index contributed by atoms with van der Waals surface area (Å²) in [4.78, 5) is 16.7. The second kappa shape index (κ2) is 10.5. The molecule has 2 heterocycles. The highest BCUT2D eigenvalue weighted by Gasteiger charge is 2.51. The van der Waals surface area contributed by atoms with Crippen LogP contribution in [0.25, 0.3) is 16.7 Å². The molecule has 11 heteroatoms. The van der Waals surface area contributed by atoms with Crippen LogP contribution in [0.5, 0.6) is 5.75 Å². The Kier molecular flexibility index (Phi) is 7.96. The number of aromatic nitrogens is 4. The first-order valence-corrected chi connectivity index (χ1v) is 11.2. The number of Topliss-reactive ketones (excluding diaryl/α,β-unsaturated/α-hetero) is 1. The zero-order valence-electron chi connectivity index (χ0n) is 19.8. The molecule has 0 aliphatic rings. The Labute approximate surface area is 195 Å². The summed E-state index contributed by atoms with van der Waals surface area (Å²) < 4.78 is 51.5. The van der Waals surface area contributed by atoms with Gasteiger partial charge in [-0.25, -0.2) is 4.98 Å². The first kappa shape index (κ1) is 25.7. The van der Waals surface area contributed by atoms with Crippen LogP contribution in [0.2, 0.25) is 0 Å². The van der Waals surface area contributed by atoms with Crippen LogP contribution in [0, 0.1) is 12.3 Å². The molecule has 2 aromatic heterocycles. The molecule has 0 radical (unpaired) electrons. The predicted molar refractivity (Wildman–Crippen MR) is 122 cm³/mol. The second-order valence-corrected chi connectivity index (χ2v) is 8.64. The van der Waals surface area contributed by atoms with Gasteiger partial charge in [-0.2, -0.15) is 13.2 Å². The summed E-state index contributed by atoms with van der Waals surface area (Å²) >= 11 is 0. The van der Waals surface area contributed by atoms with Crippen LogP contribution in [0.4, 0.5) is 19.0 Å². The van der Waals surface area contributed by atoms with Crippen LogP contribution in [0.1, 0.15) is 45.4 Å². The summed E-state index contributed by atoms with van der Waals surface area (Å²) in [6.45, 7) is 5.14. The molecule has 0 fully saturated rings. The maximum Gasteiger partial charge on any atom is 0.400 e. The first-order valence-electron chi connectivity index (χ1n) is 11.2. The van der Waals surface area contributed by atoms with Gasteiger partial charge in [-0.3, -0.25) is 9.20 Å². The molecule has 0 unspecified atom stereocenters. The van der Waals surface area contributed by atoms with Crippen LogP contribution in [0.3, 0.4) is 0 Å². The normalized spacial score (nSPS) is 12.4. The fourth-order valence-corrected chi connectivity index (χ4v) is 3.47. The van der Waals surface area contributed by atoms with E-state index >= 15 is 0 Å². The minimum absolute atomic E-state index is 0.0970. The molecule has 8 nitrogen and oxygen atoms in total. The number of rotatable bonds is 12. The number of aryl methyl sites for hydroxylation is 1. The molecule has 3 rings (SSSR count). The number of fused-ring (bicyclic) bond motifs is 3. The van der Waals surface area contributed by atoms with Crippen molar-refractivity contribution in [1.29, 1.82) is 0 Å². The van der Waals surface area contributed by atoms with Crippen molar-refractivity contribution < 1.29 is 27.4 Å². The maximum atomic E-state index is 13.0. The van der Waals surface area contributed by atoms with Crippen LogP contribution < -0.4 is 10.1 Å². The van der Waals surface area contributed by atoms with E-state index in [1.54, 1.807) is 7.11 Å². The van der Waals surface area contributed by atoms with Crippen LogP contribution in [-0.4, -0.2) is 58.4 Å². The standard InChI is InChI=1S/C23H30F3N5O3/c1-15-29-30-21-20(27-11-7-5-6-8-19(32)22(2,3)23(24,25)26)28-17-14-16(34-13-12-33-4)9-10-18(17)31(15)21/h9-10,14H,5-8,11-13H2,1-4H3,(H,27,28). The summed E-state index contributed by atoms with van der Waals surface area (Å²) in [5, 5.41) is 11.6. The highest BCUT2D eigenvalue weighted by atomic mass is 19.4. The molecule has 1 aromatic carbocycles. The van der Waals surface area contributed by atoms with Crippen molar-refractivity contribution in [2.75, 3.05) is 32.2 Å². The Morgan fingerprint density at radius 3 is 2.59 bits per heavy atom. The van der Waals surface area contributed by atoms with Crippen molar-refractivity contribution in [2.45, 2.75) is 52.6 Å². The van der Waals surface area contributed by atoms with Gasteiger partial charge in [-0.05, 0) is 45.7 Å². The highest BCUT2D eigenvalue weighted by molar-refractivity contribution is 5.85. The lowest BCUT2D eigenvalue weighted by Crippen LogP contribution is -2.39. The monoisotopic (exact) mass is 481 g/mol. The van der Waals surface area contributed by atoms with E-state index < -0.39 is 17.4 Å². The van der Waals surface area contributed by atoms with Gasteiger partial charge in [-0.15, -0.1) is 10.2 Å². The Hall–Kier alpha value is -2.95. The van der Waals surface area contributed by atoms with Gasteiger partial charge in [0, 0.05) is 26.1 Å². The smallest absolute Gasteiger partial charge is 0.400 e. The zero-order valence-corrected chi connectivity index (χ0v) is 19.8. The minimum atomic E-state index is -4.54. The lowest BCUT2D eigenvalue weighted by molar-refractivity contribution is -0.210. The predicted octanol–water partition coefficient (Wildman–Crippen LogP) is 4.74. The van der Waals surface area contributed by atoms with Gasteiger partial charge in [-0.1, -0.05) is 6.42 Å². The number of ether oxygens (including phenoxy) is 2. The number of methoxy groups -OCH3 is 1. The molecule has 0 bridgehead atoms. The molecule has 0 aliphatic heterocycles. The second-order valence-electron chi connectivity index (χ2n) is 8.64. The Bertz CT molecular complexity index is 1140. The fraction of sp³-hybridized carbons (Fsp3) is 0.565. The van der Waals surface area contributed by atoms with Crippen molar-refractivity contribution >= 4 is 28.3 Å². The number of carbonyl (C=O) groups is 1. The molecule has 186 valence electrons. The van der Waals surface area contributed by atoms with Crippen molar-refractivity contribution in [3.8, 4) is 5.75 Å². The van der Waals surface area contributed by atoms with Crippen molar-refractivity contribution in [2.24, 2.45) is 5.41 Å². The van der Waals surface area contributed by atoms with E-state index in [1.807, 2.05) is 29.5 Å². The number of halogens is 3. The molecule has 0 atom stereocenters. The topological polar surface area (TPSA) is 90.6 Å². The number of nitrogens with one attached hydrogen (secondary N) is 1. The number of alkyl halides is 3. The van der Waals surface area contributed by atoms with Crippen LogP contribution >= 0.6 is 0 Å². The number of benzene rings is 1. The molecule has 0 saturated carbocycles. The summed E-state index contributed by atoms with van der Waals surface area (Å²) in [5.41, 5.74) is -0.190. The summed E-state index contributed by atoms with van der Waals surface area (Å²) in [5.74, 6) is 1.15. The van der Waals surface area contributed by atoms with Gasteiger partial charge in [0.15, 0.2) is 5.82 Å². The van der Waals surface area contributed by atoms with Crippen molar-refractivity contribution in [1.82, 2.24) is 19.6 Å². The van der Waals surface area contributed by atoms with Gasteiger partial charge in [0.25, 0.3) is 0 Å². The van der Waals surface area contributed by atoms with E-state index in [-0.39, 0.29) is 6.42 Å². The third-order valence-corrected chi connectivity index (χ3v) is 5.79. The number of carbonyl (C=O) groups excluding carboxylic acids is 1. The summed E-state index contributed by atoms with van der Waals surface area (Å²) in [6, 6.07) is 5.59. The van der Waals surface area contributed by atoms with Crippen LogP contribution in [0.15, 0.2) is 18.2 Å². The number of unbranched alkanes of at least 4 members (excludes halogenated alkanes) is 2. The number of hydrogen-bond donors (Lipinski definition) is 1. The van der Waals surface area contributed by atoms with E-state index in [0.29, 0.717) is 67.6 Å². The molecule has 0 spiro atoms. The van der Waals surface area contributed by atoms with E-state index in [2.05, 4.69) is 20.5 Å². The Morgan fingerprint density at radius 1 is 1.12 bits per heavy atom. The van der Waals surface area contributed by atoms with Gasteiger partial charge in [0.2, 0.25) is 5.65 Å². The van der Waals surface area contributed by atoms with Gasteiger partial charge in [0.05, 0.1) is 17.6 Å². The third kappa shape index (κ3) is 5.57. The third-order valence-electron chi connectivity index (χ3n) is 5.79. The lowest BCUT2D eigenvalue weighted by Gasteiger charge is -2.26. The van der Waals surface area contributed by atoms with Crippen molar-refractivity contribution in [3.63, 3.8) is 0 Å². The molecular formula is C23H30F3N5O3. The maximum absolute atomic E-state index is 13.0.